The number of aromatic amines is 2. The number of carbonyl (C=O) groups is 1. The number of fused-ring (bicyclic) bond motifs is 9. The molecule has 35 heavy (non-hydrogen) atoms. The quantitative estimate of drug-likeness (QED) is 0.335. The standard InChI is InChI=1S/C25H16N8OS/c34-25(12-1-2-12)33-14-7-13(9-26-10-14)17-8-15-18(11-28-17)31-32-21(15)24-29-16-5-6-27-23(22(16)30-24)19-3-4-20(33)35-19/h3-12,31-32H,1-2H2. The lowest BCUT2D eigenvalue weighted by atomic mass is 10.1. The molecular weight excluding hydrogens is 460 g/mol. The summed E-state index contributed by atoms with van der Waals surface area (Å²) in [6.45, 7) is 0. The summed E-state index contributed by atoms with van der Waals surface area (Å²) in [4.78, 5) is 37.7. The van der Waals surface area contributed by atoms with Crippen molar-refractivity contribution in [3.05, 3.63) is 55.1 Å². The Morgan fingerprint density at radius 3 is 2.83 bits per heavy atom. The second kappa shape index (κ2) is 6.80. The van der Waals surface area contributed by atoms with Gasteiger partial charge in [-0.3, -0.25) is 34.5 Å². The van der Waals surface area contributed by atoms with Crippen molar-refractivity contribution in [2.24, 2.45) is 5.92 Å². The van der Waals surface area contributed by atoms with E-state index >= 15 is 0 Å². The van der Waals surface area contributed by atoms with Gasteiger partial charge in [-0.15, -0.1) is 11.3 Å². The number of aromatic nitrogens is 8. The van der Waals surface area contributed by atoms with Crippen molar-refractivity contribution < 1.29 is 4.79 Å². The molecular formula is C25H16N8OS. The number of H-pyrrole nitrogens is 2. The van der Waals surface area contributed by atoms with Gasteiger partial charge in [0.05, 0.1) is 39.2 Å². The summed E-state index contributed by atoms with van der Waals surface area (Å²) >= 11 is 1.52. The molecule has 1 aliphatic carbocycles. The van der Waals surface area contributed by atoms with Crippen molar-refractivity contribution >= 4 is 70.9 Å². The minimum atomic E-state index is 0.0452. The van der Waals surface area contributed by atoms with E-state index in [4.69, 9.17) is 9.97 Å². The second-order valence-electron chi connectivity index (χ2n) is 8.83. The highest BCUT2D eigenvalue weighted by Crippen LogP contribution is 2.35. The minimum Gasteiger partial charge on any atom is -0.298 e. The van der Waals surface area contributed by atoms with Crippen LogP contribution < -0.4 is 0 Å². The highest BCUT2D eigenvalue weighted by molar-refractivity contribution is 7.24. The fraction of sp³-hybridized carbons (Fsp3) is 0.120. The van der Waals surface area contributed by atoms with E-state index in [1.54, 1.807) is 29.4 Å². The molecule has 10 heteroatoms. The maximum Gasteiger partial charge on any atom is 0.235 e. The second-order valence-corrected chi connectivity index (χ2v) is 9.89. The van der Waals surface area contributed by atoms with E-state index in [1.807, 2.05) is 30.3 Å². The van der Waals surface area contributed by atoms with Gasteiger partial charge < -0.3 is 0 Å². The summed E-state index contributed by atoms with van der Waals surface area (Å²) in [5, 5.41) is 7.20. The summed E-state index contributed by atoms with van der Waals surface area (Å²) in [7, 11) is 0. The number of carbonyl (C=O) groups excluding carboxylic acids is 1. The van der Waals surface area contributed by atoms with E-state index in [9.17, 15) is 4.79 Å². The Balaban J connectivity index is 1.61. The van der Waals surface area contributed by atoms with Gasteiger partial charge in [0.25, 0.3) is 0 Å². The zero-order chi connectivity index (χ0) is 23.1. The molecule has 0 saturated heterocycles. The van der Waals surface area contributed by atoms with Crippen molar-refractivity contribution in [3.8, 4) is 11.3 Å². The fourth-order valence-corrected chi connectivity index (χ4v) is 5.65. The Kier molecular flexibility index (Phi) is 3.68. The zero-order valence-corrected chi connectivity index (χ0v) is 19.0. The van der Waals surface area contributed by atoms with Gasteiger partial charge in [-0.25, -0.2) is 9.97 Å². The predicted octanol–water partition coefficient (Wildman–Crippen LogP) is 5.23. The van der Waals surface area contributed by atoms with Crippen molar-refractivity contribution in [1.82, 2.24) is 39.7 Å². The lowest BCUT2D eigenvalue weighted by Crippen LogP contribution is -2.12. The van der Waals surface area contributed by atoms with Gasteiger partial charge in [0, 0.05) is 29.3 Å². The molecule has 3 aliphatic rings. The molecule has 8 bridgehead atoms. The molecule has 0 atom stereocenters. The van der Waals surface area contributed by atoms with Gasteiger partial charge >= 0.3 is 0 Å². The molecule has 5 aromatic heterocycles. The van der Waals surface area contributed by atoms with Crippen molar-refractivity contribution in [2.45, 2.75) is 12.8 Å². The first-order valence-electron chi connectivity index (χ1n) is 11.3. The number of hydrogen-bond acceptors (Lipinski definition) is 7. The van der Waals surface area contributed by atoms with Gasteiger partial charge in [0.2, 0.25) is 5.91 Å². The first-order chi connectivity index (χ1) is 17.2. The first-order valence-corrected chi connectivity index (χ1v) is 12.1. The van der Waals surface area contributed by atoms with E-state index in [-0.39, 0.29) is 11.8 Å². The average Bonchev–Trinajstić information content (AvgIpc) is 3.26. The normalized spacial score (nSPS) is 14.1. The maximum atomic E-state index is 13.5. The zero-order valence-electron chi connectivity index (χ0n) is 18.2. The highest BCUT2D eigenvalue weighted by Gasteiger charge is 2.31. The number of rotatable bonds is 1. The Hall–Kier alpha value is -4.44. The molecule has 8 rings (SSSR count). The first kappa shape index (κ1) is 18.9. The number of imidazole rings is 1. The molecule has 168 valence electrons. The van der Waals surface area contributed by atoms with Gasteiger partial charge in [0.15, 0.2) is 5.65 Å². The van der Waals surface area contributed by atoms with Crippen LogP contribution in [0.3, 0.4) is 0 Å². The third-order valence-corrected chi connectivity index (χ3v) is 7.61. The van der Waals surface area contributed by atoms with E-state index in [2.05, 4.69) is 25.1 Å². The van der Waals surface area contributed by atoms with Crippen LogP contribution >= 0.6 is 11.3 Å². The van der Waals surface area contributed by atoms with E-state index < -0.39 is 0 Å². The topological polar surface area (TPSA) is 118 Å². The summed E-state index contributed by atoms with van der Waals surface area (Å²) in [5.41, 5.74) is 6.85. The summed E-state index contributed by atoms with van der Waals surface area (Å²) in [6.07, 6.45) is 8.87. The maximum absolute atomic E-state index is 13.5. The third kappa shape index (κ3) is 2.80. The van der Waals surface area contributed by atoms with E-state index in [0.29, 0.717) is 5.65 Å². The summed E-state index contributed by atoms with van der Waals surface area (Å²) in [5.74, 6) is 0.137. The van der Waals surface area contributed by atoms with Gasteiger partial charge in [-0.05, 0) is 43.2 Å². The van der Waals surface area contributed by atoms with Gasteiger partial charge in [0.1, 0.15) is 21.6 Å². The van der Waals surface area contributed by atoms with Crippen molar-refractivity contribution in [3.63, 3.8) is 0 Å². The van der Waals surface area contributed by atoms with Gasteiger partial charge in [-0.1, -0.05) is 0 Å². The molecule has 9 nitrogen and oxygen atoms in total. The highest BCUT2D eigenvalue weighted by atomic mass is 32.1. The Morgan fingerprint density at radius 1 is 0.971 bits per heavy atom. The third-order valence-electron chi connectivity index (χ3n) is 6.54. The Morgan fingerprint density at radius 2 is 1.91 bits per heavy atom. The van der Waals surface area contributed by atoms with Crippen LogP contribution in [0.15, 0.2) is 55.1 Å². The SMILES string of the molecule is O=C(C1CC1)n1c2cncc(c2)c2cc3c(cn2)[nH][nH]c-3c2nc3ccnc(c4ccc1s4)c3n2. The molecule has 0 spiro atoms. The summed E-state index contributed by atoms with van der Waals surface area (Å²) < 4.78 is 2.72. The number of pyridine rings is 3. The van der Waals surface area contributed by atoms with Crippen LogP contribution in [-0.4, -0.2) is 45.6 Å². The Labute approximate surface area is 200 Å². The van der Waals surface area contributed by atoms with Crippen LogP contribution in [0.5, 0.6) is 0 Å². The Bertz CT molecular complexity index is 2010. The number of nitrogens with one attached hydrogen (secondary N) is 2. The molecule has 7 heterocycles. The molecule has 5 aromatic rings. The van der Waals surface area contributed by atoms with Crippen LogP contribution in [0.1, 0.15) is 17.6 Å². The number of thiophene rings is 1. The molecule has 1 fully saturated rings. The lowest BCUT2D eigenvalue weighted by Gasteiger charge is -2.06. The molecule has 0 unspecified atom stereocenters. The van der Waals surface area contributed by atoms with Crippen LogP contribution in [0.2, 0.25) is 0 Å². The average molecular weight is 477 g/mol. The predicted molar refractivity (Wildman–Crippen MR) is 135 cm³/mol. The lowest BCUT2D eigenvalue weighted by molar-refractivity contribution is 0.0896. The number of nitrogens with zero attached hydrogens (tertiary/aromatic N) is 6. The monoisotopic (exact) mass is 476 g/mol. The minimum absolute atomic E-state index is 0.0452. The van der Waals surface area contributed by atoms with E-state index in [0.717, 1.165) is 72.1 Å². The smallest absolute Gasteiger partial charge is 0.235 e. The fourth-order valence-electron chi connectivity index (χ4n) is 4.62. The molecule has 2 aliphatic heterocycles. The summed E-state index contributed by atoms with van der Waals surface area (Å²) in [6, 6.07) is 9.81. The van der Waals surface area contributed by atoms with Crippen LogP contribution in [0.4, 0.5) is 0 Å². The van der Waals surface area contributed by atoms with Crippen molar-refractivity contribution in [1.29, 1.82) is 0 Å². The van der Waals surface area contributed by atoms with Crippen LogP contribution in [0, 0.1) is 5.92 Å². The van der Waals surface area contributed by atoms with Crippen molar-refractivity contribution in [2.75, 3.05) is 0 Å². The van der Waals surface area contributed by atoms with Crippen LogP contribution in [-0.2, 0) is 0 Å². The van der Waals surface area contributed by atoms with Gasteiger partial charge in [-0.2, -0.15) is 0 Å². The molecule has 1 saturated carbocycles. The largest absolute Gasteiger partial charge is 0.298 e. The molecule has 0 aromatic carbocycles. The molecule has 2 N–H and O–H groups in total. The molecule has 0 amide bonds. The van der Waals surface area contributed by atoms with E-state index in [1.165, 1.54) is 11.3 Å². The van der Waals surface area contributed by atoms with Crippen LogP contribution in [0.25, 0.3) is 64.9 Å². The number of hydrogen-bond donors (Lipinski definition) is 2. The molecule has 0 radical (unpaired) electrons.